The first-order valence-electron chi connectivity index (χ1n) is 10.4. The highest BCUT2D eigenvalue weighted by molar-refractivity contribution is 5.92. The number of carbonyl (C=O) groups is 4. The zero-order valence-corrected chi connectivity index (χ0v) is 17.4. The lowest BCUT2D eigenvalue weighted by Crippen LogP contribution is -2.55. The summed E-state index contributed by atoms with van der Waals surface area (Å²) in [5, 5.41) is 5.45. The van der Waals surface area contributed by atoms with E-state index in [4.69, 9.17) is 10.5 Å². The number of hydrogen-bond acceptors (Lipinski definition) is 5. The van der Waals surface area contributed by atoms with Gasteiger partial charge in [0, 0.05) is 19.0 Å². The molecule has 0 spiro atoms. The summed E-state index contributed by atoms with van der Waals surface area (Å²) in [6.07, 6.45) is 3.10. The number of carbonyl (C=O) groups excluding carboxylic acids is 4. The molecule has 0 aromatic rings. The van der Waals surface area contributed by atoms with Gasteiger partial charge in [0.2, 0.25) is 17.7 Å². The van der Waals surface area contributed by atoms with Gasteiger partial charge >= 0.3 is 6.09 Å². The molecule has 1 aliphatic carbocycles. The Morgan fingerprint density at radius 2 is 2.00 bits per heavy atom. The Labute approximate surface area is 171 Å². The minimum absolute atomic E-state index is 0.0471. The van der Waals surface area contributed by atoms with E-state index in [2.05, 4.69) is 10.6 Å². The first-order valence-corrected chi connectivity index (χ1v) is 10.4. The van der Waals surface area contributed by atoms with E-state index in [0.717, 1.165) is 19.3 Å². The molecule has 2 aliphatic heterocycles. The van der Waals surface area contributed by atoms with Gasteiger partial charge in [0.05, 0.1) is 0 Å². The number of nitrogens with zero attached hydrogens (tertiary/aromatic N) is 1. The van der Waals surface area contributed by atoms with Crippen molar-refractivity contribution in [2.24, 2.45) is 23.5 Å². The molecule has 29 heavy (non-hydrogen) atoms. The van der Waals surface area contributed by atoms with Crippen LogP contribution in [-0.2, 0) is 19.1 Å². The number of ether oxygens (including phenoxy) is 1. The Morgan fingerprint density at radius 3 is 2.59 bits per heavy atom. The number of rotatable bonds is 5. The van der Waals surface area contributed by atoms with Crippen molar-refractivity contribution in [2.45, 2.75) is 70.6 Å². The van der Waals surface area contributed by atoms with Crippen LogP contribution in [0.5, 0.6) is 0 Å². The Balaban J connectivity index is 1.73. The second-order valence-electron chi connectivity index (χ2n) is 9.41. The second kappa shape index (κ2) is 8.20. The minimum Gasteiger partial charge on any atom is -0.444 e. The standard InChI is InChI=1S/C20H32N4O5/c1-20(2,3)29-19(28)24-10-12-5-4-6-13(12)15(24)18(27)23-14(16(21)25)9-11-7-8-22-17(11)26/h11-15H,4-10H2,1-3H3,(H2,21,25)(H,22,26)(H,23,27)/t11-,12-,13-,14-,15-/m0/s1. The highest BCUT2D eigenvalue weighted by Gasteiger charge is 2.51. The lowest BCUT2D eigenvalue weighted by Gasteiger charge is -2.30. The van der Waals surface area contributed by atoms with E-state index in [1.165, 1.54) is 4.90 Å². The summed E-state index contributed by atoms with van der Waals surface area (Å²) in [6, 6.07) is -1.63. The fraction of sp³-hybridized carbons (Fsp3) is 0.800. The molecule has 4 N–H and O–H groups in total. The summed E-state index contributed by atoms with van der Waals surface area (Å²) in [6.45, 7) is 6.39. The Hall–Kier alpha value is -2.32. The van der Waals surface area contributed by atoms with Crippen molar-refractivity contribution in [3.63, 3.8) is 0 Å². The largest absolute Gasteiger partial charge is 0.444 e. The van der Waals surface area contributed by atoms with E-state index < -0.39 is 35.6 Å². The third-order valence-electron chi connectivity index (χ3n) is 6.13. The van der Waals surface area contributed by atoms with Gasteiger partial charge in [0.1, 0.15) is 17.7 Å². The fourth-order valence-electron chi connectivity index (χ4n) is 4.81. The van der Waals surface area contributed by atoms with Gasteiger partial charge in [-0.15, -0.1) is 0 Å². The zero-order chi connectivity index (χ0) is 21.3. The van der Waals surface area contributed by atoms with Crippen molar-refractivity contribution >= 4 is 23.8 Å². The molecule has 0 bridgehead atoms. The smallest absolute Gasteiger partial charge is 0.410 e. The molecule has 3 aliphatic rings. The quantitative estimate of drug-likeness (QED) is 0.610. The lowest BCUT2D eigenvalue weighted by molar-refractivity contribution is -0.132. The van der Waals surface area contributed by atoms with E-state index in [-0.39, 0.29) is 30.1 Å². The van der Waals surface area contributed by atoms with Crippen LogP contribution in [0.2, 0.25) is 0 Å². The van der Waals surface area contributed by atoms with Crippen molar-refractivity contribution in [3.8, 4) is 0 Å². The molecule has 2 heterocycles. The van der Waals surface area contributed by atoms with Gasteiger partial charge < -0.3 is 21.1 Å². The SMILES string of the molecule is CC(C)(C)OC(=O)N1C[C@@H]2CCC[C@@H]2[C@H]1C(=O)N[C@@H](C[C@@H]1CCNC1=O)C(N)=O. The highest BCUT2D eigenvalue weighted by atomic mass is 16.6. The maximum absolute atomic E-state index is 13.2. The van der Waals surface area contributed by atoms with Crippen molar-refractivity contribution < 1.29 is 23.9 Å². The third-order valence-corrected chi connectivity index (χ3v) is 6.13. The van der Waals surface area contributed by atoms with Crippen molar-refractivity contribution in [3.05, 3.63) is 0 Å². The minimum atomic E-state index is -0.947. The molecule has 5 atom stereocenters. The number of likely N-dealkylation sites (tertiary alicyclic amines) is 1. The number of primary amides is 1. The number of amides is 4. The van der Waals surface area contributed by atoms with Crippen LogP contribution in [0.4, 0.5) is 4.79 Å². The lowest BCUT2D eigenvalue weighted by atomic mass is 9.92. The van der Waals surface area contributed by atoms with Crippen LogP contribution in [-0.4, -0.2) is 59.5 Å². The molecule has 9 heteroatoms. The Kier molecular flexibility index (Phi) is 6.05. The van der Waals surface area contributed by atoms with Crippen LogP contribution >= 0.6 is 0 Å². The predicted molar refractivity (Wildman–Crippen MR) is 104 cm³/mol. The summed E-state index contributed by atoms with van der Waals surface area (Å²) in [7, 11) is 0. The van der Waals surface area contributed by atoms with Gasteiger partial charge in [-0.25, -0.2) is 4.79 Å². The topological polar surface area (TPSA) is 131 Å². The molecule has 1 saturated carbocycles. The molecule has 9 nitrogen and oxygen atoms in total. The van der Waals surface area contributed by atoms with Gasteiger partial charge in [0.15, 0.2) is 0 Å². The number of fused-ring (bicyclic) bond motifs is 1. The summed E-state index contributed by atoms with van der Waals surface area (Å²) in [5.74, 6) is -1.25. The van der Waals surface area contributed by atoms with E-state index in [1.54, 1.807) is 20.8 Å². The second-order valence-corrected chi connectivity index (χ2v) is 9.41. The predicted octanol–water partition coefficient (Wildman–Crippen LogP) is 0.518. The monoisotopic (exact) mass is 408 g/mol. The van der Waals surface area contributed by atoms with Crippen molar-refractivity contribution in [1.82, 2.24) is 15.5 Å². The molecule has 2 saturated heterocycles. The fourth-order valence-corrected chi connectivity index (χ4v) is 4.81. The van der Waals surface area contributed by atoms with E-state index in [9.17, 15) is 19.2 Å². The molecular weight excluding hydrogens is 376 g/mol. The molecule has 0 aromatic heterocycles. The maximum Gasteiger partial charge on any atom is 0.410 e. The zero-order valence-electron chi connectivity index (χ0n) is 17.4. The average molecular weight is 408 g/mol. The van der Waals surface area contributed by atoms with Crippen molar-refractivity contribution in [2.75, 3.05) is 13.1 Å². The van der Waals surface area contributed by atoms with Crippen LogP contribution in [0, 0.1) is 17.8 Å². The van der Waals surface area contributed by atoms with Crippen LogP contribution < -0.4 is 16.4 Å². The van der Waals surface area contributed by atoms with Gasteiger partial charge in [-0.3, -0.25) is 19.3 Å². The van der Waals surface area contributed by atoms with E-state index >= 15 is 0 Å². The first kappa shape index (κ1) is 21.4. The van der Waals surface area contributed by atoms with Gasteiger partial charge in [-0.1, -0.05) is 6.42 Å². The van der Waals surface area contributed by atoms with E-state index in [0.29, 0.717) is 19.5 Å². The van der Waals surface area contributed by atoms with Gasteiger partial charge in [-0.2, -0.15) is 0 Å². The molecule has 162 valence electrons. The van der Waals surface area contributed by atoms with E-state index in [1.807, 2.05) is 0 Å². The Morgan fingerprint density at radius 1 is 1.28 bits per heavy atom. The molecule has 3 rings (SSSR count). The number of hydrogen-bond donors (Lipinski definition) is 3. The third kappa shape index (κ3) is 4.82. The molecule has 0 aromatic carbocycles. The Bertz CT molecular complexity index is 689. The van der Waals surface area contributed by atoms with Crippen LogP contribution in [0.3, 0.4) is 0 Å². The van der Waals surface area contributed by atoms with Gasteiger partial charge in [0.25, 0.3) is 0 Å². The molecule has 4 amide bonds. The molecular formula is C20H32N4O5. The maximum atomic E-state index is 13.2. The number of nitrogens with one attached hydrogen (secondary N) is 2. The average Bonchev–Trinajstić information content (AvgIpc) is 3.28. The molecule has 3 fully saturated rings. The molecule has 0 unspecified atom stereocenters. The van der Waals surface area contributed by atoms with Gasteiger partial charge in [-0.05, 0) is 58.3 Å². The normalized spacial score (nSPS) is 29.9. The summed E-state index contributed by atoms with van der Waals surface area (Å²) < 4.78 is 5.50. The van der Waals surface area contributed by atoms with Crippen LogP contribution in [0.1, 0.15) is 52.9 Å². The first-order chi connectivity index (χ1) is 13.6. The summed E-state index contributed by atoms with van der Waals surface area (Å²) in [4.78, 5) is 51.2. The van der Waals surface area contributed by atoms with Crippen LogP contribution in [0.15, 0.2) is 0 Å². The summed E-state index contributed by atoms with van der Waals surface area (Å²) >= 11 is 0. The number of nitrogens with two attached hydrogens (primary N) is 1. The van der Waals surface area contributed by atoms with Crippen molar-refractivity contribution in [1.29, 1.82) is 0 Å². The van der Waals surface area contributed by atoms with Crippen LogP contribution in [0.25, 0.3) is 0 Å². The highest BCUT2D eigenvalue weighted by Crippen LogP contribution is 2.42. The molecule has 0 radical (unpaired) electrons. The summed E-state index contributed by atoms with van der Waals surface area (Å²) in [5.41, 5.74) is 4.84.